The number of hydrogen-bond donors (Lipinski definition) is 1. The van der Waals surface area contributed by atoms with Crippen molar-refractivity contribution in [3.8, 4) is 16.4 Å². The first kappa shape index (κ1) is 22.0. The Morgan fingerprint density at radius 1 is 1.12 bits per heavy atom. The third-order valence-electron chi connectivity index (χ3n) is 4.67. The van der Waals surface area contributed by atoms with Gasteiger partial charge in [-0.2, -0.15) is 18.3 Å². The number of thiazole rings is 1. The van der Waals surface area contributed by atoms with Crippen molar-refractivity contribution < 1.29 is 18.0 Å². The number of aromatic nitrogens is 3. The zero-order valence-corrected chi connectivity index (χ0v) is 18.2. The van der Waals surface area contributed by atoms with Crippen LogP contribution >= 0.6 is 22.9 Å². The van der Waals surface area contributed by atoms with Gasteiger partial charge >= 0.3 is 6.18 Å². The van der Waals surface area contributed by atoms with Crippen molar-refractivity contribution in [1.82, 2.24) is 20.1 Å². The van der Waals surface area contributed by atoms with Gasteiger partial charge in [0.1, 0.15) is 0 Å². The van der Waals surface area contributed by atoms with Crippen LogP contribution in [0.25, 0.3) is 16.4 Å². The van der Waals surface area contributed by atoms with Crippen molar-refractivity contribution in [2.75, 3.05) is 0 Å². The minimum absolute atomic E-state index is 0.000130. The van der Waals surface area contributed by atoms with Crippen molar-refractivity contribution in [3.05, 3.63) is 87.5 Å². The van der Waals surface area contributed by atoms with Crippen LogP contribution in [0.1, 0.15) is 27.2 Å². The van der Waals surface area contributed by atoms with E-state index in [1.165, 1.54) is 0 Å². The van der Waals surface area contributed by atoms with Gasteiger partial charge < -0.3 is 5.32 Å². The summed E-state index contributed by atoms with van der Waals surface area (Å²) in [6.07, 6.45) is -3.89. The Morgan fingerprint density at radius 3 is 2.47 bits per heavy atom. The molecule has 1 amide bonds. The van der Waals surface area contributed by atoms with Gasteiger partial charge in [-0.15, -0.1) is 11.3 Å². The Morgan fingerprint density at radius 2 is 1.81 bits per heavy atom. The van der Waals surface area contributed by atoms with Gasteiger partial charge in [0.2, 0.25) is 5.13 Å². The molecule has 32 heavy (non-hydrogen) atoms. The summed E-state index contributed by atoms with van der Waals surface area (Å²) in [6, 6.07) is 14.1. The first-order valence-corrected chi connectivity index (χ1v) is 10.7. The molecule has 0 radical (unpaired) electrons. The van der Waals surface area contributed by atoms with E-state index in [4.69, 9.17) is 11.6 Å². The quantitative estimate of drug-likeness (QED) is 0.390. The Kier molecular flexibility index (Phi) is 6.03. The lowest BCUT2D eigenvalue weighted by Crippen LogP contribution is -2.26. The summed E-state index contributed by atoms with van der Waals surface area (Å²) in [5, 5.41) is 8.51. The van der Waals surface area contributed by atoms with Crippen molar-refractivity contribution in [1.29, 1.82) is 0 Å². The van der Waals surface area contributed by atoms with Crippen molar-refractivity contribution in [2.45, 2.75) is 19.6 Å². The molecule has 0 aliphatic rings. The van der Waals surface area contributed by atoms with Crippen LogP contribution in [-0.4, -0.2) is 20.7 Å². The zero-order chi connectivity index (χ0) is 22.9. The third-order valence-corrected chi connectivity index (χ3v) is 5.74. The maximum atomic E-state index is 13.9. The van der Waals surface area contributed by atoms with E-state index in [2.05, 4.69) is 15.4 Å². The minimum atomic E-state index is -4.81. The van der Waals surface area contributed by atoms with Crippen LogP contribution in [0, 0.1) is 6.92 Å². The molecule has 0 aliphatic heterocycles. The van der Waals surface area contributed by atoms with Gasteiger partial charge in [0.25, 0.3) is 5.91 Å². The largest absolute Gasteiger partial charge is 0.434 e. The molecule has 0 saturated carbocycles. The van der Waals surface area contributed by atoms with E-state index in [9.17, 15) is 18.0 Å². The first-order chi connectivity index (χ1) is 15.2. The fraction of sp³-hybridized carbons (Fsp3) is 0.136. The molecule has 2 aromatic heterocycles. The van der Waals surface area contributed by atoms with E-state index in [1.54, 1.807) is 41.8 Å². The smallest absolute Gasteiger partial charge is 0.348 e. The van der Waals surface area contributed by atoms with Gasteiger partial charge in [-0.1, -0.05) is 53.6 Å². The van der Waals surface area contributed by atoms with Gasteiger partial charge in [-0.3, -0.25) is 4.79 Å². The van der Waals surface area contributed by atoms with Crippen LogP contribution < -0.4 is 5.32 Å². The summed E-state index contributed by atoms with van der Waals surface area (Å²) < 4.78 is 42.3. The highest BCUT2D eigenvalue weighted by Crippen LogP contribution is 2.35. The molecule has 4 rings (SSSR count). The maximum Gasteiger partial charge on any atom is 0.434 e. The third kappa shape index (κ3) is 4.68. The Balaban J connectivity index is 1.62. The number of rotatable bonds is 5. The Hall–Kier alpha value is -3.17. The molecule has 0 fully saturated rings. The fourth-order valence-electron chi connectivity index (χ4n) is 3.03. The highest BCUT2D eigenvalue weighted by Gasteiger charge is 2.41. The molecular formula is C22H16ClF3N4OS. The molecule has 164 valence electrons. The summed E-state index contributed by atoms with van der Waals surface area (Å²) >= 11 is 6.87. The minimum Gasteiger partial charge on any atom is -0.348 e. The van der Waals surface area contributed by atoms with Crippen LogP contribution in [-0.2, 0) is 12.7 Å². The highest BCUT2D eigenvalue weighted by molar-refractivity contribution is 7.12. The van der Waals surface area contributed by atoms with E-state index in [0.717, 1.165) is 28.7 Å². The molecule has 0 bridgehead atoms. The lowest BCUT2D eigenvalue weighted by Gasteiger charge is -2.11. The van der Waals surface area contributed by atoms with Gasteiger partial charge in [-0.25, -0.2) is 9.67 Å². The first-order valence-electron chi connectivity index (χ1n) is 9.43. The maximum absolute atomic E-state index is 13.9. The van der Waals surface area contributed by atoms with E-state index in [1.807, 2.05) is 19.1 Å². The normalized spacial score (nSPS) is 11.5. The molecular weight excluding hydrogens is 461 g/mol. The standard InChI is InChI=1S/C22H16ClF3N4OS/c1-13-2-4-14(5-3-13)10-27-20(31)17-11-28-30(19(17)22(24,25)26)21-29-18(12-32-21)15-6-8-16(23)9-7-15/h2-9,11-12H,10H2,1H3,(H,27,31). The van der Waals surface area contributed by atoms with E-state index in [0.29, 0.717) is 21.0 Å². The number of hydrogen-bond acceptors (Lipinski definition) is 4. The molecule has 2 aromatic carbocycles. The lowest BCUT2D eigenvalue weighted by atomic mass is 10.1. The van der Waals surface area contributed by atoms with Crippen LogP contribution in [0.3, 0.4) is 0 Å². The number of aryl methyl sites for hydroxylation is 1. The average molecular weight is 477 g/mol. The van der Waals surface area contributed by atoms with Crippen LogP contribution in [0.5, 0.6) is 0 Å². The van der Waals surface area contributed by atoms with E-state index < -0.39 is 23.3 Å². The average Bonchev–Trinajstić information content (AvgIpc) is 3.41. The van der Waals surface area contributed by atoms with E-state index >= 15 is 0 Å². The van der Waals surface area contributed by atoms with Crippen LogP contribution in [0.4, 0.5) is 13.2 Å². The molecule has 0 unspecified atom stereocenters. The summed E-state index contributed by atoms with van der Waals surface area (Å²) in [5.41, 5.74) is 1.27. The van der Waals surface area contributed by atoms with Crippen LogP contribution in [0.15, 0.2) is 60.1 Å². The molecule has 1 N–H and O–H groups in total. The van der Waals surface area contributed by atoms with Crippen molar-refractivity contribution >= 4 is 28.8 Å². The fourth-order valence-corrected chi connectivity index (χ4v) is 3.95. The topological polar surface area (TPSA) is 59.8 Å². The van der Waals surface area contributed by atoms with Gasteiger partial charge in [0, 0.05) is 22.5 Å². The second-order valence-electron chi connectivity index (χ2n) is 7.01. The number of nitrogens with one attached hydrogen (secondary N) is 1. The lowest BCUT2D eigenvalue weighted by molar-refractivity contribution is -0.143. The molecule has 0 atom stereocenters. The Bertz CT molecular complexity index is 1250. The van der Waals surface area contributed by atoms with Crippen molar-refractivity contribution in [2.24, 2.45) is 0 Å². The number of halogens is 4. The van der Waals surface area contributed by atoms with Crippen LogP contribution in [0.2, 0.25) is 5.02 Å². The van der Waals surface area contributed by atoms with Gasteiger partial charge in [-0.05, 0) is 24.6 Å². The molecule has 4 aromatic rings. The number of alkyl halides is 3. The number of carbonyl (C=O) groups is 1. The summed E-state index contributed by atoms with van der Waals surface area (Å²) in [4.78, 5) is 16.8. The summed E-state index contributed by atoms with van der Waals surface area (Å²) in [5.74, 6) is -0.862. The van der Waals surface area contributed by atoms with Crippen molar-refractivity contribution in [3.63, 3.8) is 0 Å². The van der Waals surface area contributed by atoms with E-state index in [-0.39, 0.29) is 11.7 Å². The molecule has 5 nitrogen and oxygen atoms in total. The predicted molar refractivity (Wildman–Crippen MR) is 117 cm³/mol. The number of benzene rings is 2. The molecule has 0 aliphatic carbocycles. The van der Waals surface area contributed by atoms with Gasteiger partial charge in [0.15, 0.2) is 5.69 Å². The predicted octanol–water partition coefficient (Wildman–Crippen LogP) is 5.91. The second kappa shape index (κ2) is 8.76. The molecule has 2 heterocycles. The monoisotopic (exact) mass is 476 g/mol. The number of carbonyl (C=O) groups excluding carboxylic acids is 1. The van der Waals surface area contributed by atoms with Gasteiger partial charge in [0.05, 0.1) is 17.5 Å². The number of amides is 1. The highest BCUT2D eigenvalue weighted by atomic mass is 35.5. The SMILES string of the molecule is Cc1ccc(CNC(=O)c2cnn(-c3nc(-c4ccc(Cl)cc4)cs3)c2C(F)(F)F)cc1. The Labute approximate surface area is 190 Å². The summed E-state index contributed by atoms with van der Waals surface area (Å²) in [6.45, 7) is 2.02. The second-order valence-corrected chi connectivity index (χ2v) is 8.28. The summed E-state index contributed by atoms with van der Waals surface area (Å²) in [7, 11) is 0. The number of nitrogens with zero attached hydrogens (tertiary/aromatic N) is 3. The molecule has 0 spiro atoms. The molecule has 0 saturated heterocycles. The molecule has 10 heteroatoms. The zero-order valence-electron chi connectivity index (χ0n) is 16.7.